The largest absolute Gasteiger partial charge is 0.323 e. The summed E-state index contributed by atoms with van der Waals surface area (Å²) in [6.07, 6.45) is 3.71. The predicted octanol–water partition coefficient (Wildman–Crippen LogP) is 5.74. The molecule has 0 spiro atoms. The zero-order chi connectivity index (χ0) is 14.5. The smallest absolute Gasteiger partial charge is 0.127 e. The minimum Gasteiger partial charge on any atom is -0.323 e. The first-order valence-corrected chi connectivity index (χ1v) is 8.03. The number of hydrogen-bond donors (Lipinski definition) is 0. The van der Waals surface area contributed by atoms with Crippen LogP contribution in [0.5, 0.6) is 0 Å². The number of imidazole rings is 1. The highest BCUT2D eigenvalue weighted by Crippen LogP contribution is 2.48. The number of nitrogens with zero attached hydrogens (tertiary/aromatic N) is 2. The lowest BCUT2D eigenvalue weighted by Crippen LogP contribution is -2.23. The number of aromatic nitrogens is 2. The van der Waals surface area contributed by atoms with Crippen LogP contribution in [-0.4, -0.2) is 9.55 Å². The van der Waals surface area contributed by atoms with Gasteiger partial charge in [-0.2, -0.15) is 0 Å². The minimum atomic E-state index is -0.0995. The molecular formula is C16H20Cl2N2. The number of hydrogen-bond acceptors (Lipinski definition) is 1. The van der Waals surface area contributed by atoms with Crippen LogP contribution in [0.1, 0.15) is 57.3 Å². The van der Waals surface area contributed by atoms with E-state index in [1.165, 1.54) is 19.3 Å². The van der Waals surface area contributed by atoms with Crippen LogP contribution in [0.15, 0.2) is 18.2 Å². The molecule has 2 aromatic rings. The average Bonchev–Trinajstić information content (AvgIpc) is 2.88. The highest BCUT2D eigenvalue weighted by molar-refractivity contribution is 6.31. The average molecular weight is 311 g/mol. The van der Waals surface area contributed by atoms with Crippen molar-refractivity contribution in [3.8, 4) is 0 Å². The van der Waals surface area contributed by atoms with Crippen molar-refractivity contribution in [2.75, 3.05) is 0 Å². The molecule has 1 saturated carbocycles. The number of halogens is 2. The van der Waals surface area contributed by atoms with E-state index in [9.17, 15) is 0 Å². The predicted molar refractivity (Wildman–Crippen MR) is 85.7 cm³/mol. The van der Waals surface area contributed by atoms with E-state index in [-0.39, 0.29) is 10.8 Å². The molecule has 0 bridgehead atoms. The fourth-order valence-corrected chi connectivity index (χ4v) is 3.81. The standard InChI is InChI=1S/C16H20Cl2N2/c1-10(17)15-19-12-9-11(18)6-7-13(12)20(15)14-5-4-8-16(14,2)3/h6-7,9-10,14H,4-5,8H2,1-3H3. The summed E-state index contributed by atoms with van der Waals surface area (Å²) in [5.41, 5.74) is 2.38. The van der Waals surface area contributed by atoms with Gasteiger partial charge in [-0.05, 0) is 43.4 Å². The fraction of sp³-hybridized carbons (Fsp3) is 0.562. The van der Waals surface area contributed by atoms with E-state index >= 15 is 0 Å². The number of fused-ring (bicyclic) bond motifs is 1. The van der Waals surface area contributed by atoms with Gasteiger partial charge in [-0.15, -0.1) is 11.6 Å². The summed E-state index contributed by atoms with van der Waals surface area (Å²) in [6.45, 7) is 6.67. The molecule has 0 amide bonds. The Labute approximate surface area is 130 Å². The molecule has 1 aliphatic carbocycles. The van der Waals surface area contributed by atoms with Gasteiger partial charge in [0.25, 0.3) is 0 Å². The quantitative estimate of drug-likeness (QED) is 0.647. The molecule has 1 heterocycles. The third-order valence-electron chi connectivity index (χ3n) is 4.55. The molecule has 0 radical (unpaired) electrons. The summed E-state index contributed by atoms with van der Waals surface area (Å²) in [6, 6.07) is 6.40. The maximum absolute atomic E-state index is 6.37. The number of alkyl halides is 1. The summed E-state index contributed by atoms with van der Waals surface area (Å²) in [5, 5.41) is 0.624. The summed E-state index contributed by atoms with van der Waals surface area (Å²) >= 11 is 12.5. The van der Waals surface area contributed by atoms with Crippen LogP contribution in [0.4, 0.5) is 0 Å². The van der Waals surface area contributed by atoms with Crippen molar-refractivity contribution < 1.29 is 0 Å². The minimum absolute atomic E-state index is 0.0995. The monoisotopic (exact) mass is 310 g/mol. The lowest BCUT2D eigenvalue weighted by atomic mass is 9.87. The van der Waals surface area contributed by atoms with E-state index in [1.807, 2.05) is 19.1 Å². The van der Waals surface area contributed by atoms with Gasteiger partial charge in [-0.1, -0.05) is 31.9 Å². The molecule has 2 atom stereocenters. The van der Waals surface area contributed by atoms with Crippen molar-refractivity contribution in [2.24, 2.45) is 5.41 Å². The van der Waals surface area contributed by atoms with Crippen LogP contribution in [0.3, 0.4) is 0 Å². The second-order valence-corrected chi connectivity index (χ2v) is 7.58. The SMILES string of the molecule is CC(Cl)c1nc2cc(Cl)ccc2n1C1CCCC1(C)C. The van der Waals surface area contributed by atoms with Crippen LogP contribution < -0.4 is 0 Å². The topological polar surface area (TPSA) is 17.8 Å². The van der Waals surface area contributed by atoms with Gasteiger partial charge in [-0.3, -0.25) is 0 Å². The van der Waals surface area contributed by atoms with E-state index in [0.29, 0.717) is 6.04 Å². The lowest BCUT2D eigenvalue weighted by molar-refractivity contribution is 0.261. The molecule has 2 unspecified atom stereocenters. The molecule has 1 aromatic carbocycles. The Hall–Kier alpha value is -0.730. The van der Waals surface area contributed by atoms with Gasteiger partial charge in [-0.25, -0.2) is 4.98 Å². The highest BCUT2D eigenvalue weighted by Gasteiger charge is 2.38. The van der Waals surface area contributed by atoms with Crippen molar-refractivity contribution in [3.05, 3.63) is 29.0 Å². The third-order valence-corrected chi connectivity index (χ3v) is 4.98. The zero-order valence-electron chi connectivity index (χ0n) is 12.2. The Bertz CT molecular complexity index is 643. The zero-order valence-corrected chi connectivity index (χ0v) is 13.7. The summed E-state index contributed by atoms with van der Waals surface area (Å²) in [7, 11) is 0. The van der Waals surface area contributed by atoms with E-state index in [0.717, 1.165) is 21.9 Å². The molecular weight excluding hydrogens is 291 g/mol. The van der Waals surface area contributed by atoms with Crippen molar-refractivity contribution in [1.29, 1.82) is 0 Å². The van der Waals surface area contributed by atoms with Gasteiger partial charge < -0.3 is 4.57 Å². The van der Waals surface area contributed by atoms with Crippen LogP contribution in [0.25, 0.3) is 11.0 Å². The van der Waals surface area contributed by atoms with Crippen molar-refractivity contribution in [2.45, 2.75) is 51.5 Å². The van der Waals surface area contributed by atoms with E-state index in [2.05, 4.69) is 24.5 Å². The fourth-order valence-electron chi connectivity index (χ4n) is 3.49. The molecule has 108 valence electrons. The lowest BCUT2D eigenvalue weighted by Gasteiger charge is -2.30. The van der Waals surface area contributed by atoms with Gasteiger partial charge in [0.1, 0.15) is 5.82 Å². The summed E-state index contributed by atoms with van der Waals surface area (Å²) in [4.78, 5) is 4.73. The Kier molecular flexibility index (Phi) is 3.50. The van der Waals surface area contributed by atoms with Crippen LogP contribution >= 0.6 is 23.2 Å². The Balaban J connectivity index is 2.24. The second-order valence-electron chi connectivity index (χ2n) is 6.49. The second kappa shape index (κ2) is 4.92. The Morgan fingerprint density at radius 1 is 1.40 bits per heavy atom. The van der Waals surface area contributed by atoms with E-state index in [4.69, 9.17) is 28.2 Å². The van der Waals surface area contributed by atoms with E-state index < -0.39 is 0 Å². The molecule has 1 aliphatic rings. The molecule has 3 rings (SSSR count). The number of rotatable bonds is 2. The van der Waals surface area contributed by atoms with Crippen molar-refractivity contribution >= 4 is 34.2 Å². The normalized spacial score (nSPS) is 23.4. The first-order valence-electron chi connectivity index (χ1n) is 7.21. The Morgan fingerprint density at radius 2 is 2.15 bits per heavy atom. The van der Waals surface area contributed by atoms with Gasteiger partial charge >= 0.3 is 0 Å². The maximum atomic E-state index is 6.37. The van der Waals surface area contributed by atoms with Crippen molar-refractivity contribution in [3.63, 3.8) is 0 Å². The van der Waals surface area contributed by atoms with Crippen LogP contribution in [0.2, 0.25) is 5.02 Å². The van der Waals surface area contributed by atoms with Gasteiger partial charge in [0.05, 0.1) is 16.4 Å². The molecule has 0 saturated heterocycles. The molecule has 0 N–H and O–H groups in total. The van der Waals surface area contributed by atoms with Crippen molar-refractivity contribution in [1.82, 2.24) is 9.55 Å². The number of benzene rings is 1. The Morgan fingerprint density at radius 3 is 2.75 bits per heavy atom. The van der Waals surface area contributed by atoms with E-state index in [1.54, 1.807) is 0 Å². The first kappa shape index (κ1) is 14.2. The van der Waals surface area contributed by atoms with Gasteiger partial charge in [0, 0.05) is 11.1 Å². The van der Waals surface area contributed by atoms with Gasteiger partial charge in [0.15, 0.2) is 0 Å². The highest BCUT2D eigenvalue weighted by atomic mass is 35.5. The third kappa shape index (κ3) is 2.23. The summed E-state index contributed by atoms with van der Waals surface area (Å²) < 4.78 is 2.36. The van der Waals surface area contributed by atoms with Crippen LogP contribution in [0, 0.1) is 5.41 Å². The van der Waals surface area contributed by atoms with Gasteiger partial charge in [0.2, 0.25) is 0 Å². The molecule has 2 nitrogen and oxygen atoms in total. The molecule has 20 heavy (non-hydrogen) atoms. The molecule has 0 aliphatic heterocycles. The molecule has 4 heteroatoms. The molecule has 1 aromatic heterocycles. The summed E-state index contributed by atoms with van der Waals surface area (Å²) in [5.74, 6) is 0.962. The molecule has 1 fully saturated rings. The first-order chi connectivity index (χ1) is 9.40. The maximum Gasteiger partial charge on any atom is 0.127 e. The van der Waals surface area contributed by atoms with Crippen LogP contribution in [-0.2, 0) is 0 Å².